The minimum atomic E-state index is -0.607. The molecule has 0 aliphatic carbocycles. The van der Waals surface area contributed by atoms with Crippen LogP contribution in [0.15, 0.2) is 36.4 Å². The summed E-state index contributed by atoms with van der Waals surface area (Å²) in [5.74, 6) is -1.05. The maximum Gasteiger partial charge on any atom is 0.338 e. The molecule has 1 aromatic rings. The van der Waals surface area contributed by atoms with Crippen molar-refractivity contribution in [2.75, 3.05) is 0 Å². The summed E-state index contributed by atoms with van der Waals surface area (Å²) < 4.78 is 4.69. The highest BCUT2D eigenvalue weighted by atomic mass is 16.6. The van der Waals surface area contributed by atoms with E-state index in [2.05, 4.69) is 11.7 Å². The number of carbonyl (C=O) groups is 2. The molecule has 19 heavy (non-hydrogen) atoms. The maximum atomic E-state index is 11.4. The molecule has 0 atom stereocenters. The molecule has 0 aliphatic heterocycles. The molecule has 3 heteroatoms. The van der Waals surface area contributed by atoms with Crippen LogP contribution in [-0.4, -0.2) is 11.9 Å². The number of esters is 2. The number of unbranched alkanes of at least 4 members (excludes halogenated alkanes) is 3. The first-order chi connectivity index (χ1) is 9.22. The van der Waals surface area contributed by atoms with Crippen LogP contribution in [0.3, 0.4) is 0 Å². The highest BCUT2D eigenvalue weighted by Gasteiger charge is 2.06. The fourth-order valence-corrected chi connectivity index (χ4v) is 1.62. The van der Waals surface area contributed by atoms with Gasteiger partial charge >= 0.3 is 11.9 Å². The third kappa shape index (κ3) is 7.19. The minimum Gasteiger partial charge on any atom is -0.390 e. The predicted octanol–water partition coefficient (Wildman–Crippen LogP) is 3.74. The van der Waals surface area contributed by atoms with Gasteiger partial charge in [0.2, 0.25) is 0 Å². The van der Waals surface area contributed by atoms with E-state index >= 15 is 0 Å². The van der Waals surface area contributed by atoms with Crippen LogP contribution in [0.2, 0.25) is 0 Å². The van der Waals surface area contributed by atoms with Crippen molar-refractivity contribution in [3.8, 4) is 0 Å². The molecule has 1 aromatic carbocycles. The average molecular weight is 260 g/mol. The number of hydrogen-bond acceptors (Lipinski definition) is 3. The van der Waals surface area contributed by atoms with Crippen LogP contribution in [0, 0.1) is 0 Å². The highest BCUT2D eigenvalue weighted by molar-refractivity contribution is 5.94. The zero-order valence-electron chi connectivity index (χ0n) is 11.3. The number of ether oxygens (including phenoxy) is 1. The van der Waals surface area contributed by atoms with Gasteiger partial charge in [0.15, 0.2) is 0 Å². The quantitative estimate of drug-likeness (QED) is 0.324. The Bertz CT molecular complexity index is 421. The van der Waals surface area contributed by atoms with E-state index in [-0.39, 0.29) is 0 Å². The Morgan fingerprint density at radius 3 is 2.53 bits per heavy atom. The Labute approximate surface area is 114 Å². The summed E-state index contributed by atoms with van der Waals surface area (Å²) in [5, 5.41) is 0. The Morgan fingerprint density at radius 2 is 1.84 bits per heavy atom. The molecule has 0 bridgehead atoms. The molecule has 0 heterocycles. The highest BCUT2D eigenvalue weighted by Crippen LogP contribution is 2.05. The number of hydrogen-bond donors (Lipinski definition) is 0. The first kappa shape index (κ1) is 15.2. The van der Waals surface area contributed by atoms with Crippen molar-refractivity contribution in [1.29, 1.82) is 0 Å². The minimum absolute atomic E-state index is 0.310. The zero-order chi connectivity index (χ0) is 13.9. The van der Waals surface area contributed by atoms with E-state index in [9.17, 15) is 9.59 Å². The van der Waals surface area contributed by atoms with Gasteiger partial charge in [-0.1, -0.05) is 56.5 Å². The lowest BCUT2D eigenvalue weighted by molar-refractivity contribution is -0.156. The molecule has 0 saturated heterocycles. The standard InChI is InChI=1S/C16H20O3/c1-2-3-4-8-11-15(17)19-16(18)13-12-14-9-6-5-7-10-14/h5-7,9-10,12-13H,2-4,8,11H2,1H3. The van der Waals surface area contributed by atoms with Crippen LogP contribution < -0.4 is 0 Å². The van der Waals surface area contributed by atoms with Gasteiger partial charge in [0.25, 0.3) is 0 Å². The van der Waals surface area contributed by atoms with Crippen molar-refractivity contribution < 1.29 is 14.3 Å². The second-order valence-electron chi connectivity index (χ2n) is 4.35. The lowest BCUT2D eigenvalue weighted by atomic mass is 10.2. The van der Waals surface area contributed by atoms with Crippen LogP contribution in [0.1, 0.15) is 44.6 Å². The fourth-order valence-electron chi connectivity index (χ4n) is 1.62. The molecular formula is C16H20O3. The Kier molecular flexibility index (Phi) is 7.25. The number of carbonyl (C=O) groups excluding carboxylic acids is 2. The van der Waals surface area contributed by atoms with Gasteiger partial charge in [0.05, 0.1) is 0 Å². The van der Waals surface area contributed by atoms with E-state index < -0.39 is 11.9 Å². The largest absolute Gasteiger partial charge is 0.390 e. The fraction of sp³-hybridized carbons (Fsp3) is 0.375. The van der Waals surface area contributed by atoms with Gasteiger partial charge in [0, 0.05) is 12.5 Å². The van der Waals surface area contributed by atoms with E-state index in [1.165, 1.54) is 6.08 Å². The van der Waals surface area contributed by atoms with Crippen LogP contribution in [0.4, 0.5) is 0 Å². The second kappa shape index (κ2) is 9.09. The van der Waals surface area contributed by atoms with E-state index in [0.717, 1.165) is 31.2 Å². The molecule has 0 saturated carbocycles. The topological polar surface area (TPSA) is 43.4 Å². The summed E-state index contributed by atoms with van der Waals surface area (Å²) in [6.07, 6.45) is 7.22. The van der Waals surface area contributed by atoms with Crippen molar-refractivity contribution in [1.82, 2.24) is 0 Å². The molecule has 0 spiro atoms. The molecule has 0 unspecified atom stereocenters. The van der Waals surface area contributed by atoms with Gasteiger partial charge in [-0.05, 0) is 18.1 Å². The van der Waals surface area contributed by atoms with E-state index in [1.807, 2.05) is 30.3 Å². The molecule has 0 aliphatic rings. The van der Waals surface area contributed by atoms with Gasteiger partial charge in [-0.15, -0.1) is 0 Å². The molecule has 102 valence electrons. The first-order valence-electron chi connectivity index (χ1n) is 6.70. The average Bonchev–Trinajstić information content (AvgIpc) is 2.42. The number of rotatable bonds is 7. The SMILES string of the molecule is CCCCCCC(=O)OC(=O)C=Cc1ccccc1. The lowest BCUT2D eigenvalue weighted by Gasteiger charge is -2.00. The molecule has 0 aromatic heterocycles. The predicted molar refractivity (Wildman–Crippen MR) is 75.3 cm³/mol. The molecule has 1 rings (SSSR count). The monoisotopic (exact) mass is 260 g/mol. The van der Waals surface area contributed by atoms with Crippen molar-refractivity contribution >= 4 is 18.0 Å². The van der Waals surface area contributed by atoms with Crippen molar-refractivity contribution in [2.24, 2.45) is 0 Å². The van der Waals surface area contributed by atoms with Crippen LogP contribution in [-0.2, 0) is 14.3 Å². The van der Waals surface area contributed by atoms with Crippen molar-refractivity contribution in [3.63, 3.8) is 0 Å². The second-order valence-corrected chi connectivity index (χ2v) is 4.35. The maximum absolute atomic E-state index is 11.4. The zero-order valence-corrected chi connectivity index (χ0v) is 11.3. The third-order valence-electron chi connectivity index (χ3n) is 2.66. The van der Waals surface area contributed by atoms with Crippen molar-refractivity contribution in [2.45, 2.75) is 39.0 Å². The van der Waals surface area contributed by atoms with E-state index in [1.54, 1.807) is 6.08 Å². The summed E-state index contributed by atoms with van der Waals surface area (Å²) in [6, 6.07) is 9.40. The summed E-state index contributed by atoms with van der Waals surface area (Å²) in [6.45, 7) is 2.11. The normalized spacial score (nSPS) is 10.6. The molecular weight excluding hydrogens is 240 g/mol. The molecule has 0 fully saturated rings. The summed E-state index contributed by atoms with van der Waals surface area (Å²) >= 11 is 0. The van der Waals surface area contributed by atoms with E-state index in [0.29, 0.717) is 6.42 Å². The molecule has 3 nitrogen and oxygen atoms in total. The Morgan fingerprint density at radius 1 is 1.11 bits per heavy atom. The summed E-state index contributed by atoms with van der Waals surface area (Å²) in [5.41, 5.74) is 0.898. The third-order valence-corrected chi connectivity index (χ3v) is 2.66. The van der Waals surface area contributed by atoms with Crippen LogP contribution in [0.5, 0.6) is 0 Å². The first-order valence-corrected chi connectivity index (χ1v) is 6.70. The Hall–Kier alpha value is -1.90. The van der Waals surface area contributed by atoms with Crippen molar-refractivity contribution in [3.05, 3.63) is 42.0 Å². The molecule has 0 amide bonds. The van der Waals surface area contributed by atoms with Gasteiger partial charge in [0.1, 0.15) is 0 Å². The van der Waals surface area contributed by atoms with Gasteiger partial charge in [-0.3, -0.25) is 4.79 Å². The van der Waals surface area contributed by atoms with E-state index in [4.69, 9.17) is 0 Å². The molecule has 0 radical (unpaired) electrons. The van der Waals surface area contributed by atoms with Crippen LogP contribution in [0.25, 0.3) is 6.08 Å². The van der Waals surface area contributed by atoms with Crippen LogP contribution >= 0.6 is 0 Å². The number of benzene rings is 1. The molecule has 0 N–H and O–H groups in total. The van der Waals surface area contributed by atoms with Gasteiger partial charge in [-0.25, -0.2) is 4.79 Å². The smallest absolute Gasteiger partial charge is 0.338 e. The summed E-state index contributed by atoms with van der Waals surface area (Å²) in [7, 11) is 0. The Balaban J connectivity index is 2.27. The van der Waals surface area contributed by atoms with Gasteiger partial charge < -0.3 is 4.74 Å². The summed E-state index contributed by atoms with van der Waals surface area (Å²) in [4.78, 5) is 22.7. The van der Waals surface area contributed by atoms with Gasteiger partial charge in [-0.2, -0.15) is 0 Å². The lowest BCUT2D eigenvalue weighted by Crippen LogP contribution is -2.09.